The SMILES string of the molecule is COc1ccc(CNC(=O)c2cc(Br)c(OC)cc2NC(=O)c2ccncc2)cc1Cl. The van der Waals surface area contributed by atoms with E-state index in [2.05, 4.69) is 31.5 Å². The van der Waals surface area contributed by atoms with Gasteiger partial charge in [0.25, 0.3) is 11.8 Å². The average molecular weight is 505 g/mol. The molecular weight excluding hydrogens is 486 g/mol. The second-order valence-corrected chi connectivity index (χ2v) is 7.64. The molecule has 1 heterocycles. The van der Waals surface area contributed by atoms with Gasteiger partial charge in [0.15, 0.2) is 0 Å². The van der Waals surface area contributed by atoms with E-state index in [1.54, 1.807) is 42.5 Å². The number of methoxy groups -OCH3 is 2. The molecule has 0 unspecified atom stereocenters. The van der Waals surface area contributed by atoms with Crippen LogP contribution in [0.2, 0.25) is 5.02 Å². The molecule has 1 aromatic heterocycles. The number of hydrogen-bond donors (Lipinski definition) is 2. The van der Waals surface area contributed by atoms with Gasteiger partial charge < -0.3 is 20.1 Å². The first kappa shape index (κ1) is 22.6. The van der Waals surface area contributed by atoms with Gasteiger partial charge >= 0.3 is 0 Å². The Morgan fingerprint density at radius 2 is 1.71 bits per heavy atom. The molecule has 2 aromatic carbocycles. The molecule has 9 heteroatoms. The van der Waals surface area contributed by atoms with Crippen LogP contribution in [-0.4, -0.2) is 31.0 Å². The summed E-state index contributed by atoms with van der Waals surface area (Å²) < 4.78 is 11.0. The third-order valence-electron chi connectivity index (χ3n) is 4.40. The van der Waals surface area contributed by atoms with Crippen LogP contribution in [0.25, 0.3) is 0 Å². The van der Waals surface area contributed by atoms with Crippen molar-refractivity contribution in [1.82, 2.24) is 10.3 Å². The second-order valence-electron chi connectivity index (χ2n) is 6.37. The van der Waals surface area contributed by atoms with E-state index in [4.69, 9.17) is 21.1 Å². The van der Waals surface area contributed by atoms with Gasteiger partial charge in [-0.3, -0.25) is 14.6 Å². The maximum Gasteiger partial charge on any atom is 0.255 e. The lowest BCUT2D eigenvalue weighted by Crippen LogP contribution is -2.25. The van der Waals surface area contributed by atoms with Crippen molar-refractivity contribution in [2.75, 3.05) is 19.5 Å². The molecule has 0 atom stereocenters. The molecule has 0 aliphatic heterocycles. The topological polar surface area (TPSA) is 89.5 Å². The predicted molar refractivity (Wildman–Crippen MR) is 122 cm³/mol. The average Bonchev–Trinajstić information content (AvgIpc) is 2.79. The van der Waals surface area contributed by atoms with Crippen LogP contribution >= 0.6 is 27.5 Å². The molecule has 0 fully saturated rings. The Hall–Kier alpha value is -3.10. The number of nitrogens with one attached hydrogen (secondary N) is 2. The minimum Gasteiger partial charge on any atom is -0.495 e. The maximum atomic E-state index is 12.9. The van der Waals surface area contributed by atoms with Gasteiger partial charge in [0, 0.05) is 30.6 Å². The molecule has 0 saturated carbocycles. The largest absolute Gasteiger partial charge is 0.495 e. The van der Waals surface area contributed by atoms with Crippen LogP contribution in [0, 0.1) is 0 Å². The van der Waals surface area contributed by atoms with Crippen LogP contribution in [0.5, 0.6) is 11.5 Å². The third-order valence-corrected chi connectivity index (χ3v) is 5.31. The van der Waals surface area contributed by atoms with Crippen LogP contribution in [0.3, 0.4) is 0 Å². The number of halogens is 2. The summed E-state index contributed by atoms with van der Waals surface area (Å²) in [5, 5.41) is 6.05. The number of hydrogen-bond acceptors (Lipinski definition) is 5. The number of amides is 2. The van der Waals surface area contributed by atoms with Gasteiger partial charge in [-0.2, -0.15) is 0 Å². The highest BCUT2D eigenvalue weighted by atomic mass is 79.9. The van der Waals surface area contributed by atoms with Crippen molar-refractivity contribution in [3.05, 3.63) is 81.0 Å². The Balaban J connectivity index is 1.83. The zero-order valence-electron chi connectivity index (χ0n) is 16.7. The van der Waals surface area contributed by atoms with Crippen molar-refractivity contribution in [3.63, 3.8) is 0 Å². The van der Waals surface area contributed by atoms with E-state index in [1.807, 2.05) is 0 Å². The van der Waals surface area contributed by atoms with Gasteiger partial charge in [0.2, 0.25) is 0 Å². The number of nitrogens with zero attached hydrogens (tertiary/aromatic N) is 1. The summed E-state index contributed by atoms with van der Waals surface area (Å²) in [7, 11) is 3.04. The summed E-state index contributed by atoms with van der Waals surface area (Å²) in [5.41, 5.74) is 1.80. The van der Waals surface area contributed by atoms with Gasteiger partial charge in [-0.1, -0.05) is 17.7 Å². The van der Waals surface area contributed by atoms with E-state index in [9.17, 15) is 9.59 Å². The molecule has 160 valence electrons. The Kier molecular flexibility index (Phi) is 7.49. The van der Waals surface area contributed by atoms with Crippen molar-refractivity contribution in [2.24, 2.45) is 0 Å². The molecule has 3 rings (SSSR count). The van der Waals surface area contributed by atoms with E-state index in [1.165, 1.54) is 26.6 Å². The zero-order valence-corrected chi connectivity index (χ0v) is 19.1. The fraction of sp³-hybridized carbons (Fsp3) is 0.136. The van der Waals surface area contributed by atoms with E-state index in [0.717, 1.165) is 5.56 Å². The Morgan fingerprint density at radius 1 is 1.00 bits per heavy atom. The summed E-state index contributed by atoms with van der Waals surface area (Å²) in [5.74, 6) is 0.281. The minimum absolute atomic E-state index is 0.240. The highest BCUT2D eigenvalue weighted by molar-refractivity contribution is 9.10. The van der Waals surface area contributed by atoms with Crippen LogP contribution < -0.4 is 20.1 Å². The summed E-state index contributed by atoms with van der Waals surface area (Å²) in [6.07, 6.45) is 3.04. The van der Waals surface area contributed by atoms with Gasteiger partial charge in [-0.15, -0.1) is 0 Å². The first-order chi connectivity index (χ1) is 14.9. The van der Waals surface area contributed by atoms with Gasteiger partial charge in [0.1, 0.15) is 11.5 Å². The molecule has 31 heavy (non-hydrogen) atoms. The van der Waals surface area contributed by atoms with Crippen LogP contribution in [0.1, 0.15) is 26.3 Å². The zero-order chi connectivity index (χ0) is 22.4. The first-order valence-corrected chi connectivity index (χ1v) is 10.3. The van der Waals surface area contributed by atoms with Crippen molar-refractivity contribution >= 4 is 45.0 Å². The van der Waals surface area contributed by atoms with Crippen molar-refractivity contribution in [1.29, 1.82) is 0 Å². The molecule has 2 N–H and O–H groups in total. The Morgan fingerprint density at radius 3 is 2.35 bits per heavy atom. The number of benzene rings is 2. The summed E-state index contributed by atoms with van der Waals surface area (Å²) in [6, 6.07) is 11.6. The van der Waals surface area contributed by atoms with Crippen LogP contribution in [0.4, 0.5) is 5.69 Å². The van der Waals surface area contributed by atoms with E-state index in [-0.39, 0.29) is 23.9 Å². The highest BCUT2D eigenvalue weighted by Gasteiger charge is 2.18. The van der Waals surface area contributed by atoms with E-state index >= 15 is 0 Å². The Labute approximate surface area is 192 Å². The molecule has 0 radical (unpaired) electrons. The molecule has 0 aliphatic rings. The third kappa shape index (κ3) is 5.53. The normalized spacial score (nSPS) is 10.3. The van der Waals surface area contributed by atoms with Gasteiger partial charge in [-0.25, -0.2) is 0 Å². The molecule has 0 spiro atoms. The number of anilines is 1. The van der Waals surface area contributed by atoms with Crippen molar-refractivity contribution < 1.29 is 19.1 Å². The lowest BCUT2D eigenvalue weighted by atomic mass is 10.1. The van der Waals surface area contributed by atoms with E-state index in [0.29, 0.717) is 32.2 Å². The van der Waals surface area contributed by atoms with Crippen molar-refractivity contribution in [2.45, 2.75) is 6.54 Å². The lowest BCUT2D eigenvalue weighted by Gasteiger charge is -2.15. The Bertz CT molecular complexity index is 1110. The van der Waals surface area contributed by atoms with Crippen molar-refractivity contribution in [3.8, 4) is 11.5 Å². The quantitative estimate of drug-likeness (QED) is 0.487. The van der Waals surface area contributed by atoms with Crippen LogP contribution in [0.15, 0.2) is 59.3 Å². The fourth-order valence-corrected chi connectivity index (χ4v) is 3.58. The number of ether oxygens (including phenoxy) is 2. The first-order valence-electron chi connectivity index (χ1n) is 9.12. The van der Waals surface area contributed by atoms with Gasteiger partial charge in [-0.05, 0) is 51.8 Å². The number of carbonyl (C=O) groups is 2. The van der Waals surface area contributed by atoms with E-state index < -0.39 is 0 Å². The number of carbonyl (C=O) groups excluding carboxylic acids is 2. The summed E-state index contributed by atoms with van der Waals surface area (Å²) >= 11 is 9.53. The predicted octanol–water partition coefficient (Wildman–Crippen LogP) is 4.70. The maximum absolute atomic E-state index is 12.9. The van der Waals surface area contributed by atoms with Gasteiger partial charge in [0.05, 0.1) is 35.0 Å². The highest BCUT2D eigenvalue weighted by Crippen LogP contribution is 2.32. The smallest absolute Gasteiger partial charge is 0.255 e. The molecule has 0 saturated heterocycles. The van der Waals surface area contributed by atoms with Crippen LogP contribution in [-0.2, 0) is 6.54 Å². The number of pyridine rings is 1. The number of aromatic nitrogens is 1. The molecule has 2 amide bonds. The molecule has 0 bridgehead atoms. The monoisotopic (exact) mass is 503 g/mol. The summed E-state index contributed by atoms with van der Waals surface area (Å²) in [4.78, 5) is 29.4. The molecule has 3 aromatic rings. The fourth-order valence-electron chi connectivity index (χ4n) is 2.80. The molecule has 7 nitrogen and oxygen atoms in total. The second kappa shape index (κ2) is 10.3. The minimum atomic E-state index is -0.375. The number of rotatable bonds is 7. The standard InChI is InChI=1S/C22H19BrClN3O4/c1-30-19-4-3-13(9-17(19)24)12-26-22(29)15-10-16(23)20(31-2)11-18(15)27-21(28)14-5-7-25-8-6-14/h3-11H,12H2,1-2H3,(H,26,29)(H,27,28). The molecular formula is C22H19BrClN3O4. The lowest BCUT2D eigenvalue weighted by molar-refractivity contribution is 0.0951. The summed E-state index contributed by atoms with van der Waals surface area (Å²) in [6.45, 7) is 0.240. The molecule has 0 aliphatic carbocycles.